The molecule has 8 nitrogen and oxygen atoms in total. The average molecular weight is 336 g/mol. The van der Waals surface area contributed by atoms with Crippen molar-refractivity contribution in [3.05, 3.63) is 59.7 Å². The average Bonchev–Trinajstić information content (AvgIpc) is 3.11. The number of rotatable bonds is 5. The van der Waals surface area contributed by atoms with Gasteiger partial charge in [-0.05, 0) is 53.7 Å². The molecule has 0 saturated heterocycles. The molecule has 1 aromatic heterocycles. The molecule has 1 heterocycles. The molecule has 0 aliphatic rings. The van der Waals surface area contributed by atoms with Crippen LogP contribution in [0.25, 0.3) is 11.4 Å². The summed E-state index contributed by atoms with van der Waals surface area (Å²) in [6.45, 7) is 2.57. The smallest absolute Gasteiger partial charge is 0.255 e. The SMILES string of the molecule is CCn1nnnc1-c1cccc(C(=O)Nc2ccc(C(N)=O)cc2)c1. The Bertz CT molecular complexity index is 917. The fourth-order valence-electron chi connectivity index (χ4n) is 2.35. The highest BCUT2D eigenvalue weighted by molar-refractivity contribution is 6.05. The Kier molecular flexibility index (Phi) is 4.51. The number of amides is 2. The molecule has 3 N–H and O–H groups in total. The van der Waals surface area contributed by atoms with Gasteiger partial charge < -0.3 is 11.1 Å². The van der Waals surface area contributed by atoms with Crippen LogP contribution >= 0.6 is 0 Å². The highest BCUT2D eigenvalue weighted by Gasteiger charge is 2.12. The van der Waals surface area contributed by atoms with Gasteiger partial charge in [-0.25, -0.2) is 4.68 Å². The molecule has 0 radical (unpaired) electrons. The third-order valence-corrected chi connectivity index (χ3v) is 3.64. The summed E-state index contributed by atoms with van der Waals surface area (Å²) in [7, 11) is 0. The van der Waals surface area contributed by atoms with Crippen molar-refractivity contribution in [1.82, 2.24) is 20.2 Å². The molecule has 0 saturated carbocycles. The van der Waals surface area contributed by atoms with Crippen LogP contribution in [0.1, 0.15) is 27.6 Å². The Labute approximate surface area is 143 Å². The van der Waals surface area contributed by atoms with E-state index in [2.05, 4.69) is 20.8 Å². The van der Waals surface area contributed by atoms with Gasteiger partial charge in [-0.2, -0.15) is 0 Å². The van der Waals surface area contributed by atoms with Gasteiger partial charge >= 0.3 is 0 Å². The summed E-state index contributed by atoms with van der Waals surface area (Å²) in [6, 6.07) is 13.4. The monoisotopic (exact) mass is 336 g/mol. The first-order chi connectivity index (χ1) is 12.1. The van der Waals surface area contributed by atoms with Crippen LogP contribution < -0.4 is 11.1 Å². The number of nitrogens with two attached hydrogens (primary N) is 1. The van der Waals surface area contributed by atoms with Crippen LogP contribution in [-0.4, -0.2) is 32.0 Å². The van der Waals surface area contributed by atoms with E-state index in [0.717, 1.165) is 5.56 Å². The number of primary amides is 1. The van der Waals surface area contributed by atoms with E-state index in [9.17, 15) is 9.59 Å². The molecule has 0 aliphatic carbocycles. The topological polar surface area (TPSA) is 116 Å². The summed E-state index contributed by atoms with van der Waals surface area (Å²) < 4.78 is 1.65. The Morgan fingerprint density at radius 1 is 1.12 bits per heavy atom. The number of aromatic nitrogens is 4. The highest BCUT2D eigenvalue weighted by Crippen LogP contribution is 2.18. The molecular weight excluding hydrogens is 320 g/mol. The normalized spacial score (nSPS) is 10.4. The minimum atomic E-state index is -0.515. The quantitative estimate of drug-likeness (QED) is 0.736. The van der Waals surface area contributed by atoms with E-state index in [-0.39, 0.29) is 5.91 Å². The Hall–Kier alpha value is -3.55. The molecule has 0 spiro atoms. The van der Waals surface area contributed by atoms with Gasteiger partial charge in [-0.3, -0.25) is 9.59 Å². The third-order valence-electron chi connectivity index (χ3n) is 3.64. The van der Waals surface area contributed by atoms with Gasteiger partial charge in [0.2, 0.25) is 5.91 Å². The lowest BCUT2D eigenvalue weighted by atomic mass is 10.1. The zero-order valence-electron chi connectivity index (χ0n) is 13.5. The fraction of sp³-hybridized carbons (Fsp3) is 0.118. The number of aryl methyl sites for hydroxylation is 1. The number of carbonyl (C=O) groups excluding carboxylic acids is 2. The summed E-state index contributed by atoms with van der Waals surface area (Å²) in [5.41, 5.74) is 7.38. The molecule has 25 heavy (non-hydrogen) atoms. The van der Waals surface area contributed by atoms with Crippen LogP contribution in [0.15, 0.2) is 48.5 Å². The van der Waals surface area contributed by atoms with Gasteiger partial charge in [-0.1, -0.05) is 12.1 Å². The van der Waals surface area contributed by atoms with E-state index in [1.165, 1.54) is 0 Å². The summed E-state index contributed by atoms with van der Waals surface area (Å²) in [5, 5.41) is 14.3. The van der Waals surface area contributed by atoms with Gasteiger partial charge in [0.05, 0.1) is 0 Å². The highest BCUT2D eigenvalue weighted by atomic mass is 16.2. The van der Waals surface area contributed by atoms with Gasteiger partial charge in [0.15, 0.2) is 5.82 Å². The second-order valence-corrected chi connectivity index (χ2v) is 5.29. The van der Waals surface area contributed by atoms with Crippen molar-refractivity contribution < 1.29 is 9.59 Å². The summed E-state index contributed by atoms with van der Waals surface area (Å²) in [4.78, 5) is 23.5. The number of nitrogens with zero attached hydrogens (tertiary/aromatic N) is 4. The molecule has 8 heteroatoms. The number of hydrogen-bond donors (Lipinski definition) is 2. The van der Waals surface area contributed by atoms with Crippen molar-refractivity contribution in [2.24, 2.45) is 5.73 Å². The number of benzene rings is 2. The molecule has 2 aromatic carbocycles. The van der Waals surface area contributed by atoms with Gasteiger partial charge in [0, 0.05) is 28.9 Å². The van der Waals surface area contributed by atoms with E-state index in [1.54, 1.807) is 47.1 Å². The zero-order chi connectivity index (χ0) is 17.8. The van der Waals surface area contributed by atoms with Crippen LogP contribution in [0.5, 0.6) is 0 Å². The fourth-order valence-corrected chi connectivity index (χ4v) is 2.35. The predicted octanol–water partition coefficient (Wildman–Crippen LogP) is 1.71. The van der Waals surface area contributed by atoms with Crippen molar-refractivity contribution in [2.75, 3.05) is 5.32 Å². The van der Waals surface area contributed by atoms with E-state index in [4.69, 9.17) is 5.73 Å². The maximum Gasteiger partial charge on any atom is 0.255 e. The number of anilines is 1. The molecule has 0 fully saturated rings. The summed E-state index contributed by atoms with van der Waals surface area (Å²) in [5.74, 6) is -0.189. The molecule has 2 amide bonds. The first-order valence-corrected chi connectivity index (χ1v) is 7.66. The van der Waals surface area contributed by atoms with Crippen molar-refractivity contribution in [1.29, 1.82) is 0 Å². The van der Waals surface area contributed by atoms with Gasteiger partial charge in [-0.15, -0.1) is 5.10 Å². The first kappa shape index (κ1) is 16.3. The molecule has 0 aliphatic heterocycles. The molecule has 126 valence electrons. The number of hydrogen-bond acceptors (Lipinski definition) is 5. The van der Waals surface area contributed by atoms with Crippen molar-refractivity contribution >= 4 is 17.5 Å². The van der Waals surface area contributed by atoms with Crippen molar-refractivity contribution in [2.45, 2.75) is 13.5 Å². The van der Waals surface area contributed by atoms with Gasteiger partial charge in [0.1, 0.15) is 0 Å². The minimum Gasteiger partial charge on any atom is -0.366 e. The lowest BCUT2D eigenvalue weighted by Crippen LogP contribution is -2.13. The van der Waals surface area contributed by atoms with Crippen LogP contribution in [0.2, 0.25) is 0 Å². The number of nitrogens with one attached hydrogen (secondary N) is 1. The molecule has 0 unspecified atom stereocenters. The standard InChI is InChI=1S/C17H16N6O2/c1-2-23-16(20-21-22-23)12-4-3-5-13(10-12)17(25)19-14-8-6-11(7-9-14)15(18)24/h3-10H,2H2,1H3,(H2,18,24)(H,19,25). The zero-order valence-corrected chi connectivity index (χ0v) is 13.5. The molecule has 0 atom stereocenters. The summed E-state index contributed by atoms with van der Waals surface area (Å²) >= 11 is 0. The Morgan fingerprint density at radius 3 is 2.56 bits per heavy atom. The van der Waals surface area contributed by atoms with E-state index < -0.39 is 5.91 Å². The first-order valence-electron chi connectivity index (χ1n) is 7.66. The molecule has 0 bridgehead atoms. The predicted molar refractivity (Wildman–Crippen MR) is 91.8 cm³/mol. The lowest BCUT2D eigenvalue weighted by molar-refractivity contribution is 0.0998. The van der Waals surface area contributed by atoms with E-state index in [0.29, 0.717) is 29.2 Å². The number of tetrazole rings is 1. The molecule has 3 aromatic rings. The van der Waals surface area contributed by atoms with Crippen molar-refractivity contribution in [3.8, 4) is 11.4 Å². The minimum absolute atomic E-state index is 0.274. The van der Waals surface area contributed by atoms with Crippen molar-refractivity contribution in [3.63, 3.8) is 0 Å². The van der Waals surface area contributed by atoms with Crippen LogP contribution in [0.4, 0.5) is 5.69 Å². The molecular formula is C17H16N6O2. The van der Waals surface area contributed by atoms with E-state index in [1.807, 2.05) is 13.0 Å². The second-order valence-electron chi connectivity index (χ2n) is 5.29. The summed E-state index contributed by atoms with van der Waals surface area (Å²) in [6.07, 6.45) is 0. The third kappa shape index (κ3) is 3.52. The van der Waals surface area contributed by atoms with Gasteiger partial charge in [0.25, 0.3) is 5.91 Å². The largest absolute Gasteiger partial charge is 0.366 e. The maximum absolute atomic E-state index is 12.4. The number of carbonyl (C=O) groups is 2. The van der Waals surface area contributed by atoms with Crippen LogP contribution in [0, 0.1) is 0 Å². The molecule has 3 rings (SSSR count). The van der Waals surface area contributed by atoms with Crippen LogP contribution in [0.3, 0.4) is 0 Å². The maximum atomic E-state index is 12.4. The Balaban J connectivity index is 1.81. The van der Waals surface area contributed by atoms with Crippen LogP contribution in [-0.2, 0) is 6.54 Å². The Morgan fingerprint density at radius 2 is 1.88 bits per heavy atom. The lowest BCUT2D eigenvalue weighted by Gasteiger charge is -2.07. The second kappa shape index (κ2) is 6.91. The van der Waals surface area contributed by atoms with E-state index >= 15 is 0 Å².